The molecule has 1 aliphatic carbocycles. The van der Waals surface area contributed by atoms with Crippen molar-refractivity contribution in [2.75, 3.05) is 17.3 Å². The smallest absolute Gasteiger partial charge is 0.247 e. The molecule has 1 aliphatic heterocycles. The number of rotatable bonds is 6. The molecule has 0 aromatic heterocycles. The van der Waals surface area contributed by atoms with Crippen LogP contribution in [0.2, 0.25) is 0 Å². The van der Waals surface area contributed by atoms with Crippen molar-refractivity contribution in [3.8, 4) is 0 Å². The van der Waals surface area contributed by atoms with E-state index in [-0.39, 0.29) is 29.6 Å². The standard InChI is InChI=1S/C19H24N2O3S/c1-25-12-11-16(17(22)20-13-7-3-2-4-8-13)21-18(23)14-9-5-6-10-15(14)19(21)24/h2-4,7-8,14-16H,5-6,9-12H2,1H3,(H,20,22)/t14-,15+,16-/m1/s1. The average molecular weight is 360 g/mol. The summed E-state index contributed by atoms with van der Waals surface area (Å²) < 4.78 is 0. The normalized spacial score (nSPS) is 24.1. The summed E-state index contributed by atoms with van der Waals surface area (Å²) in [6, 6.07) is 8.44. The zero-order valence-electron chi connectivity index (χ0n) is 14.4. The van der Waals surface area contributed by atoms with Gasteiger partial charge in [0.1, 0.15) is 6.04 Å². The van der Waals surface area contributed by atoms with Crippen LogP contribution >= 0.6 is 11.8 Å². The Labute approximate surface area is 152 Å². The Morgan fingerprint density at radius 1 is 1.16 bits per heavy atom. The third kappa shape index (κ3) is 3.73. The summed E-state index contributed by atoms with van der Waals surface area (Å²) in [6.45, 7) is 0. The minimum atomic E-state index is -0.724. The Balaban J connectivity index is 1.81. The van der Waals surface area contributed by atoms with Gasteiger partial charge in [-0.25, -0.2) is 0 Å². The zero-order valence-corrected chi connectivity index (χ0v) is 15.3. The highest BCUT2D eigenvalue weighted by Gasteiger charge is 2.51. The molecular weight excluding hydrogens is 336 g/mol. The van der Waals surface area contributed by atoms with Crippen LogP contribution in [0.1, 0.15) is 32.1 Å². The van der Waals surface area contributed by atoms with Gasteiger partial charge in [-0.05, 0) is 43.4 Å². The second-order valence-electron chi connectivity index (χ2n) is 6.70. The van der Waals surface area contributed by atoms with Crippen molar-refractivity contribution < 1.29 is 14.4 Å². The summed E-state index contributed by atoms with van der Waals surface area (Å²) in [5.74, 6) is -0.294. The second kappa shape index (κ2) is 8.04. The molecule has 0 bridgehead atoms. The number of carbonyl (C=O) groups excluding carboxylic acids is 3. The molecule has 1 saturated heterocycles. The van der Waals surface area contributed by atoms with Crippen molar-refractivity contribution in [1.82, 2.24) is 4.90 Å². The number of thioether (sulfide) groups is 1. The van der Waals surface area contributed by atoms with E-state index in [1.807, 2.05) is 24.5 Å². The first-order valence-electron chi connectivity index (χ1n) is 8.85. The summed E-state index contributed by atoms with van der Waals surface area (Å²) in [6.07, 6.45) is 5.94. The molecule has 2 aliphatic rings. The number of carbonyl (C=O) groups is 3. The van der Waals surface area contributed by atoms with Crippen LogP contribution in [0.15, 0.2) is 30.3 Å². The molecule has 2 fully saturated rings. The zero-order chi connectivity index (χ0) is 17.8. The van der Waals surface area contributed by atoms with Crippen molar-refractivity contribution in [3.05, 3.63) is 30.3 Å². The molecule has 3 amide bonds. The van der Waals surface area contributed by atoms with Gasteiger partial charge < -0.3 is 5.32 Å². The molecule has 1 saturated carbocycles. The van der Waals surface area contributed by atoms with Crippen LogP contribution in [0, 0.1) is 11.8 Å². The van der Waals surface area contributed by atoms with Gasteiger partial charge in [-0.2, -0.15) is 11.8 Å². The van der Waals surface area contributed by atoms with E-state index in [9.17, 15) is 14.4 Å². The number of amides is 3. The van der Waals surface area contributed by atoms with Crippen LogP contribution in [-0.4, -0.2) is 40.7 Å². The monoisotopic (exact) mass is 360 g/mol. The first-order chi connectivity index (χ1) is 12.1. The highest BCUT2D eigenvalue weighted by Crippen LogP contribution is 2.39. The molecule has 5 nitrogen and oxygen atoms in total. The Morgan fingerprint density at radius 2 is 1.76 bits per heavy atom. The maximum Gasteiger partial charge on any atom is 0.247 e. The molecule has 3 atom stereocenters. The van der Waals surface area contributed by atoms with Gasteiger partial charge in [0.15, 0.2) is 0 Å². The molecule has 0 spiro atoms. The van der Waals surface area contributed by atoms with Gasteiger partial charge in [0, 0.05) is 5.69 Å². The Hall–Kier alpha value is -1.82. The highest BCUT2D eigenvalue weighted by atomic mass is 32.2. The van der Waals surface area contributed by atoms with Crippen LogP contribution in [0.4, 0.5) is 5.69 Å². The van der Waals surface area contributed by atoms with Crippen LogP contribution < -0.4 is 5.32 Å². The van der Waals surface area contributed by atoms with E-state index in [4.69, 9.17) is 0 Å². The van der Waals surface area contributed by atoms with Crippen molar-refractivity contribution in [3.63, 3.8) is 0 Å². The number of hydrogen-bond acceptors (Lipinski definition) is 4. The van der Waals surface area contributed by atoms with E-state index < -0.39 is 6.04 Å². The quantitative estimate of drug-likeness (QED) is 0.792. The molecule has 1 N–H and O–H groups in total. The number of nitrogens with zero attached hydrogens (tertiary/aromatic N) is 1. The van der Waals surface area contributed by atoms with Crippen molar-refractivity contribution in [2.24, 2.45) is 11.8 Å². The minimum absolute atomic E-state index is 0.149. The number of benzene rings is 1. The van der Waals surface area contributed by atoms with Gasteiger partial charge >= 0.3 is 0 Å². The topological polar surface area (TPSA) is 66.5 Å². The van der Waals surface area contributed by atoms with E-state index in [2.05, 4.69) is 5.32 Å². The van der Waals surface area contributed by atoms with Gasteiger partial charge in [-0.15, -0.1) is 0 Å². The van der Waals surface area contributed by atoms with Crippen LogP contribution in [-0.2, 0) is 14.4 Å². The SMILES string of the molecule is CSCC[C@H](C(=O)Nc1ccccc1)N1C(=O)[C@H]2CCCC[C@H]2C1=O. The van der Waals surface area contributed by atoms with Gasteiger partial charge in [0.05, 0.1) is 11.8 Å². The van der Waals surface area contributed by atoms with Crippen LogP contribution in [0.25, 0.3) is 0 Å². The molecule has 0 radical (unpaired) electrons. The van der Waals surface area contributed by atoms with Crippen LogP contribution in [0.3, 0.4) is 0 Å². The van der Waals surface area contributed by atoms with Gasteiger partial charge in [-0.3, -0.25) is 19.3 Å². The summed E-state index contributed by atoms with van der Waals surface area (Å²) in [5, 5.41) is 2.86. The lowest BCUT2D eigenvalue weighted by Gasteiger charge is -2.25. The molecular formula is C19H24N2O3S. The second-order valence-corrected chi connectivity index (χ2v) is 7.68. The highest BCUT2D eigenvalue weighted by molar-refractivity contribution is 7.98. The number of imide groups is 1. The lowest BCUT2D eigenvalue weighted by Crippen LogP contribution is -2.48. The molecule has 0 unspecified atom stereocenters. The predicted octanol–water partition coefficient (Wildman–Crippen LogP) is 2.92. The fraction of sp³-hybridized carbons (Fsp3) is 0.526. The number of likely N-dealkylation sites (tertiary alicyclic amines) is 1. The minimum Gasteiger partial charge on any atom is -0.324 e. The van der Waals surface area contributed by atoms with E-state index >= 15 is 0 Å². The lowest BCUT2D eigenvalue weighted by molar-refractivity contribution is -0.146. The van der Waals surface area contributed by atoms with Crippen molar-refractivity contribution >= 4 is 35.2 Å². The molecule has 6 heteroatoms. The van der Waals surface area contributed by atoms with E-state index in [1.165, 1.54) is 4.90 Å². The maximum atomic E-state index is 12.8. The van der Waals surface area contributed by atoms with E-state index in [0.29, 0.717) is 12.1 Å². The molecule has 1 heterocycles. The summed E-state index contributed by atoms with van der Waals surface area (Å²) in [4.78, 5) is 39.8. The van der Waals surface area contributed by atoms with E-state index in [0.717, 1.165) is 31.4 Å². The number of anilines is 1. The number of nitrogens with one attached hydrogen (secondary N) is 1. The van der Waals surface area contributed by atoms with Crippen LogP contribution in [0.5, 0.6) is 0 Å². The predicted molar refractivity (Wildman–Crippen MR) is 99.2 cm³/mol. The Kier molecular flexibility index (Phi) is 5.78. The van der Waals surface area contributed by atoms with Gasteiger partial charge in [0.25, 0.3) is 0 Å². The Bertz CT molecular complexity index is 625. The fourth-order valence-corrected chi connectivity index (χ4v) is 4.31. The first-order valence-corrected chi connectivity index (χ1v) is 10.2. The molecule has 1 aromatic rings. The van der Waals surface area contributed by atoms with Crippen molar-refractivity contribution in [2.45, 2.75) is 38.1 Å². The number of hydrogen-bond donors (Lipinski definition) is 1. The number of para-hydroxylation sites is 1. The average Bonchev–Trinajstić information content (AvgIpc) is 2.88. The number of fused-ring (bicyclic) bond motifs is 1. The third-order valence-corrected chi connectivity index (χ3v) is 5.77. The summed E-state index contributed by atoms with van der Waals surface area (Å²) >= 11 is 1.61. The first kappa shape index (κ1) is 18.0. The third-order valence-electron chi connectivity index (χ3n) is 5.13. The Morgan fingerprint density at radius 3 is 2.32 bits per heavy atom. The maximum absolute atomic E-state index is 12.8. The fourth-order valence-electron chi connectivity index (χ4n) is 3.85. The molecule has 1 aromatic carbocycles. The summed E-state index contributed by atoms with van der Waals surface area (Å²) in [7, 11) is 0. The molecule has 134 valence electrons. The summed E-state index contributed by atoms with van der Waals surface area (Å²) in [5.41, 5.74) is 0.679. The molecule has 25 heavy (non-hydrogen) atoms. The lowest BCUT2D eigenvalue weighted by atomic mass is 9.81. The van der Waals surface area contributed by atoms with Gasteiger partial charge in [0.2, 0.25) is 17.7 Å². The largest absolute Gasteiger partial charge is 0.324 e. The van der Waals surface area contributed by atoms with Crippen molar-refractivity contribution in [1.29, 1.82) is 0 Å². The van der Waals surface area contributed by atoms with Gasteiger partial charge in [-0.1, -0.05) is 31.0 Å². The van der Waals surface area contributed by atoms with E-state index in [1.54, 1.807) is 23.9 Å². The molecule has 3 rings (SSSR count).